The van der Waals surface area contributed by atoms with Gasteiger partial charge in [-0.05, 0) is 50.1 Å². The van der Waals surface area contributed by atoms with Crippen LogP contribution in [0.4, 0.5) is 0 Å². The first kappa shape index (κ1) is 17.9. The summed E-state index contributed by atoms with van der Waals surface area (Å²) in [5.74, 6) is 2.06. The summed E-state index contributed by atoms with van der Waals surface area (Å²) in [5, 5.41) is 17.6. The summed E-state index contributed by atoms with van der Waals surface area (Å²) in [6.45, 7) is 6.50. The number of nitrogens with zero attached hydrogens (tertiary/aromatic N) is 1. The summed E-state index contributed by atoms with van der Waals surface area (Å²) < 4.78 is 11.5. The number of hydrogen-bond donors (Lipinski definition) is 2. The van der Waals surface area contributed by atoms with Gasteiger partial charge in [0.25, 0.3) is 0 Å². The fourth-order valence-electron chi connectivity index (χ4n) is 2.83. The van der Waals surface area contributed by atoms with Crippen molar-refractivity contribution in [3.63, 3.8) is 0 Å². The summed E-state index contributed by atoms with van der Waals surface area (Å²) in [5.41, 5.74) is 3.25. The topological polar surface area (TPSA) is 67.4 Å². The lowest BCUT2D eigenvalue weighted by Gasteiger charge is -2.10. The molecule has 136 valence electrons. The van der Waals surface area contributed by atoms with Crippen LogP contribution in [-0.2, 0) is 6.42 Å². The van der Waals surface area contributed by atoms with E-state index >= 15 is 0 Å². The fraction of sp³-hybridized carbons (Fsp3) is 0.286. The first-order valence-electron chi connectivity index (χ1n) is 8.90. The molecule has 0 amide bonds. The molecule has 0 atom stereocenters. The second-order valence-corrected chi connectivity index (χ2v) is 6.13. The van der Waals surface area contributed by atoms with E-state index < -0.39 is 0 Å². The molecule has 0 spiro atoms. The predicted octanol–water partition coefficient (Wildman–Crippen LogP) is 5.23. The van der Waals surface area contributed by atoms with E-state index in [4.69, 9.17) is 9.47 Å². The zero-order valence-corrected chi connectivity index (χ0v) is 15.4. The number of phenols is 1. The zero-order valence-electron chi connectivity index (χ0n) is 15.4. The summed E-state index contributed by atoms with van der Waals surface area (Å²) in [7, 11) is 0. The van der Waals surface area contributed by atoms with E-state index in [1.807, 2.05) is 32.0 Å². The summed E-state index contributed by atoms with van der Waals surface area (Å²) in [6.07, 6.45) is 2.17. The molecule has 5 nitrogen and oxygen atoms in total. The lowest BCUT2D eigenvalue weighted by Crippen LogP contribution is -1.92. The van der Waals surface area contributed by atoms with Crippen molar-refractivity contribution in [3.8, 4) is 34.3 Å². The van der Waals surface area contributed by atoms with Crippen molar-refractivity contribution in [2.75, 3.05) is 6.61 Å². The van der Waals surface area contributed by atoms with Crippen LogP contribution in [0.3, 0.4) is 0 Å². The molecule has 1 heterocycles. The SMILES string of the molecule is CCCc1ccc(Oc2c(-c3ccc(OCC)cc3O)n[nH]c2C)cc1. The highest BCUT2D eigenvalue weighted by molar-refractivity contribution is 5.74. The number of H-pyrrole nitrogens is 1. The number of rotatable bonds is 7. The molecule has 3 rings (SSSR count). The Morgan fingerprint density at radius 2 is 1.77 bits per heavy atom. The summed E-state index contributed by atoms with van der Waals surface area (Å²) in [6, 6.07) is 13.2. The normalized spacial score (nSPS) is 10.7. The molecule has 2 N–H and O–H groups in total. The molecule has 0 radical (unpaired) electrons. The van der Waals surface area contributed by atoms with Crippen LogP contribution in [-0.4, -0.2) is 21.9 Å². The van der Waals surface area contributed by atoms with Crippen LogP contribution in [0.1, 0.15) is 31.5 Å². The van der Waals surface area contributed by atoms with E-state index in [2.05, 4.69) is 29.3 Å². The first-order chi connectivity index (χ1) is 12.6. The second kappa shape index (κ2) is 7.95. The van der Waals surface area contributed by atoms with Crippen LogP contribution in [0, 0.1) is 6.92 Å². The van der Waals surface area contributed by atoms with Gasteiger partial charge >= 0.3 is 0 Å². The molecule has 3 aromatic rings. The molecular weight excluding hydrogens is 328 g/mol. The van der Waals surface area contributed by atoms with Gasteiger partial charge in [-0.2, -0.15) is 5.10 Å². The Bertz CT molecular complexity index is 869. The van der Waals surface area contributed by atoms with E-state index in [1.165, 1.54) is 5.56 Å². The number of aromatic hydroxyl groups is 1. The van der Waals surface area contributed by atoms with E-state index in [0.717, 1.165) is 24.3 Å². The number of aryl methyl sites for hydroxylation is 2. The molecule has 0 unspecified atom stereocenters. The molecule has 0 saturated heterocycles. The molecule has 1 aromatic heterocycles. The Hall–Kier alpha value is -2.95. The van der Waals surface area contributed by atoms with Gasteiger partial charge in [0.2, 0.25) is 0 Å². The largest absolute Gasteiger partial charge is 0.507 e. The standard InChI is InChI=1S/C21H24N2O3/c1-4-6-15-7-9-16(10-8-15)26-21-14(3)22-23-20(21)18-12-11-17(25-5-2)13-19(18)24/h7-13,24H,4-6H2,1-3H3,(H,22,23). The maximum Gasteiger partial charge on any atom is 0.176 e. The lowest BCUT2D eigenvalue weighted by atomic mass is 10.1. The number of aromatic nitrogens is 2. The van der Waals surface area contributed by atoms with Gasteiger partial charge in [-0.3, -0.25) is 5.10 Å². The average molecular weight is 352 g/mol. The molecular formula is C21H24N2O3. The Kier molecular flexibility index (Phi) is 5.46. The molecule has 5 heteroatoms. The molecule has 26 heavy (non-hydrogen) atoms. The minimum Gasteiger partial charge on any atom is -0.507 e. The number of aromatic amines is 1. The highest BCUT2D eigenvalue weighted by Crippen LogP contribution is 2.39. The Morgan fingerprint density at radius 3 is 2.42 bits per heavy atom. The smallest absolute Gasteiger partial charge is 0.176 e. The first-order valence-corrected chi connectivity index (χ1v) is 8.90. The van der Waals surface area contributed by atoms with Crippen molar-refractivity contribution in [3.05, 3.63) is 53.7 Å². The van der Waals surface area contributed by atoms with E-state index in [-0.39, 0.29) is 5.75 Å². The zero-order chi connectivity index (χ0) is 18.5. The van der Waals surface area contributed by atoms with Gasteiger partial charge in [0.15, 0.2) is 5.75 Å². The van der Waals surface area contributed by atoms with Crippen molar-refractivity contribution in [2.24, 2.45) is 0 Å². The number of ether oxygens (including phenoxy) is 2. The predicted molar refractivity (Wildman–Crippen MR) is 102 cm³/mol. The van der Waals surface area contributed by atoms with Crippen molar-refractivity contribution in [2.45, 2.75) is 33.6 Å². The minimum absolute atomic E-state index is 0.102. The third-order valence-electron chi connectivity index (χ3n) is 4.11. The van der Waals surface area contributed by atoms with Gasteiger partial charge in [-0.15, -0.1) is 0 Å². The van der Waals surface area contributed by atoms with Gasteiger partial charge in [-0.1, -0.05) is 25.5 Å². The van der Waals surface area contributed by atoms with Crippen LogP contribution in [0.2, 0.25) is 0 Å². The quantitative estimate of drug-likeness (QED) is 0.610. The van der Waals surface area contributed by atoms with Gasteiger partial charge in [0.05, 0.1) is 12.3 Å². The third-order valence-corrected chi connectivity index (χ3v) is 4.11. The van der Waals surface area contributed by atoms with Crippen LogP contribution < -0.4 is 9.47 Å². The van der Waals surface area contributed by atoms with Gasteiger partial charge < -0.3 is 14.6 Å². The second-order valence-electron chi connectivity index (χ2n) is 6.13. The highest BCUT2D eigenvalue weighted by atomic mass is 16.5. The molecule has 0 aliphatic carbocycles. The van der Waals surface area contributed by atoms with Gasteiger partial charge in [-0.25, -0.2) is 0 Å². The monoisotopic (exact) mass is 352 g/mol. The fourth-order valence-corrected chi connectivity index (χ4v) is 2.83. The molecule has 0 fully saturated rings. The Morgan fingerprint density at radius 1 is 1.04 bits per heavy atom. The van der Waals surface area contributed by atoms with Crippen LogP contribution in [0.5, 0.6) is 23.0 Å². The molecule has 2 aromatic carbocycles. The van der Waals surface area contributed by atoms with Gasteiger partial charge in [0, 0.05) is 11.6 Å². The number of benzene rings is 2. The van der Waals surface area contributed by atoms with Crippen molar-refractivity contribution >= 4 is 0 Å². The lowest BCUT2D eigenvalue weighted by molar-refractivity contribution is 0.338. The van der Waals surface area contributed by atoms with Crippen molar-refractivity contribution in [1.82, 2.24) is 10.2 Å². The van der Waals surface area contributed by atoms with Crippen molar-refractivity contribution in [1.29, 1.82) is 0 Å². The average Bonchev–Trinajstić information content (AvgIpc) is 2.98. The van der Waals surface area contributed by atoms with E-state index in [0.29, 0.717) is 29.4 Å². The molecule has 0 aliphatic heterocycles. The van der Waals surface area contributed by atoms with Crippen LogP contribution in [0.25, 0.3) is 11.3 Å². The van der Waals surface area contributed by atoms with E-state index in [1.54, 1.807) is 12.1 Å². The third kappa shape index (κ3) is 3.82. The van der Waals surface area contributed by atoms with Gasteiger partial charge in [0.1, 0.15) is 22.9 Å². The minimum atomic E-state index is 0.102. The Balaban J connectivity index is 1.89. The molecule has 0 saturated carbocycles. The van der Waals surface area contributed by atoms with Crippen LogP contribution >= 0.6 is 0 Å². The summed E-state index contributed by atoms with van der Waals surface area (Å²) >= 11 is 0. The molecule has 0 aliphatic rings. The highest BCUT2D eigenvalue weighted by Gasteiger charge is 2.18. The maximum atomic E-state index is 10.4. The number of hydrogen-bond acceptors (Lipinski definition) is 4. The summed E-state index contributed by atoms with van der Waals surface area (Å²) in [4.78, 5) is 0. The Labute approximate surface area is 153 Å². The van der Waals surface area contributed by atoms with E-state index in [9.17, 15) is 5.11 Å². The molecule has 0 bridgehead atoms. The maximum absolute atomic E-state index is 10.4. The van der Waals surface area contributed by atoms with Crippen LogP contribution in [0.15, 0.2) is 42.5 Å². The number of phenolic OH excluding ortho intramolecular Hbond substituents is 1. The number of nitrogens with one attached hydrogen (secondary N) is 1. The van der Waals surface area contributed by atoms with Crippen molar-refractivity contribution < 1.29 is 14.6 Å².